The predicted octanol–water partition coefficient (Wildman–Crippen LogP) is 1.79. The first-order valence-electron chi connectivity index (χ1n) is 4.97. The van der Waals surface area contributed by atoms with Crippen molar-refractivity contribution >= 4 is 5.82 Å². The van der Waals surface area contributed by atoms with Gasteiger partial charge in [-0.1, -0.05) is 6.07 Å². The van der Waals surface area contributed by atoms with Crippen molar-refractivity contribution in [2.75, 3.05) is 25.6 Å². The summed E-state index contributed by atoms with van der Waals surface area (Å²) in [6.07, 6.45) is 2.06. The van der Waals surface area contributed by atoms with Gasteiger partial charge in [-0.3, -0.25) is 0 Å². The molecule has 0 saturated carbocycles. The first kappa shape index (κ1) is 11.5. The molecule has 1 aromatic rings. The number of unbranched alkanes of at least 4 members (excludes halogenated alkanes) is 1. The summed E-state index contributed by atoms with van der Waals surface area (Å²) in [5, 5.41) is 11.8. The zero-order valence-electron chi connectivity index (χ0n) is 8.86. The molecule has 1 heterocycles. The van der Waals surface area contributed by atoms with Crippen LogP contribution in [0, 0.1) is 11.3 Å². The lowest BCUT2D eigenvalue weighted by atomic mass is 10.3. The molecule has 4 nitrogen and oxygen atoms in total. The molecule has 0 radical (unpaired) electrons. The van der Waals surface area contributed by atoms with Crippen LogP contribution < -0.4 is 5.32 Å². The maximum atomic E-state index is 8.65. The van der Waals surface area contributed by atoms with Crippen molar-refractivity contribution in [2.45, 2.75) is 12.8 Å². The molecule has 0 aliphatic heterocycles. The van der Waals surface area contributed by atoms with Gasteiger partial charge in [0.25, 0.3) is 0 Å². The van der Waals surface area contributed by atoms with Crippen molar-refractivity contribution in [2.24, 2.45) is 0 Å². The van der Waals surface area contributed by atoms with Gasteiger partial charge < -0.3 is 10.1 Å². The third-order valence-corrected chi connectivity index (χ3v) is 1.94. The van der Waals surface area contributed by atoms with E-state index in [2.05, 4.69) is 10.3 Å². The summed E-state index contributed by atoms with van der Waals surface area (Å²) < 4.78 is 4.94. The average Bonchev–Trinajstić information content (AvgIpc) is 2.29. The molecule has 1 N–H and O–H groups in total. The fraction of sp³-hybridized carbons (Fsp3) is 0.455. The zero-order valence-corrected chi connectivity index (χ0v) is 8.86. The molecule has 0 aromatic carbocycles. The molecule has 0 spiro atoms. The van der Waals surface area contributed by atoms with E-state index in [-0.39, 0.29) is 0 Å². The van der Waals surface area contributed by atoms with Crippen molar-refractivity contribution in [3.63, 3.8) is 0 Å². The van der Waals surface area contributed by atoms with Crippen molar-refractivity contribution in [1.29, 1.82) is 5.26 Å². The van der Waals surface area contributed by atoms with Crippen molar-refractivity contribution in [3.05, 3.63) is 23.9 Å². The maximum Gasteiger partial charge on any atom is 0.142 e. The summed E-state index contributed by atoms with van der Waals surface area (Å²) in [6.45, 7) is 1.64. The third-order valence-electron chi connectivity index (χ3n) is 1.94. The quantitative estimate of drug-likeness (QED) is 0.719. The van der Waals surface area contributed by atoms with Crippen molar-refractivity contribution in [1.82, 2.24) is 4.98 Å². The second-order valence-corrected chi connectivity index (χ2v) is 3.15. The standard InChI is InChI=1S/C11H15N3O/c1-15-8-3-2-7-13-11-6-4-5-10(9-12)14-11/h4-6H,2-3,7-8H2,1H3,(H,13,14). The van der Waals surface area contributed by atoms with Gasteiger partial charge in [0.05, 0.1) is 0 Å². The van der Waals surface area contributed by atoms with Crippen LogP contribution in [0.1, 0.15) is 18.5 Å². The highest BCUT2D eigenvalue weighted by atomic mass is 16.5. The van der Waals surface area contributed by atoms with Gasteiger partial charge in [-0.2, -0.15) is 5.26 Å². The zero-order chi connectivity index (χ0) is 10.9. The van der Waals surface area contributed by atoms with Gasteiger partial charge in [0, 0.05) is 20.3 Å². The first-order valence-corrected chi connectivity index (χ1v) is 4.97. The van der Waals surface area contributed by atoms with Crippen LogP contribution in [0.15, 0.2) is 18.2 Å². The molecular weight excluding hydrogens is 190 g/mol. The molecule has 0 saturated heterocycles. The fourth-order valence-corrected chi connectivity index (χ4v) is 1.18. The number of nitrogens with one attached hydrogen (secondary N) is 1. The summed E-state index contributed by atoms with van der Waals surface area (Å²) >= 11 is 0. The number of aromatic nitrogens is 1. The minimum atomic E-state index is 0.442. The number of nitrogens with zero attached hydrogens (tertiary/aromatic N) is 2. The molecule has 15 heavy (non-hydrogen) atoms. The number of pyridine rings is 1. The Morgan fingerprint density at radius 3 is 3.07 bits per heavy atom. The van der Waals surface area contributed by atoms with Gasteiger partial charge in [-0.05, 0) is 25.0 Å². The topological polar surface area (TPSA) is 57.9 Å². The van der Waals surface area contributed by atoms with Crippen LogP contribution in [-0.2, 0) is 4.74 Å². The van der Waals surface area contributed by atoms with Gasteiger partial charge in [0.1, 0.15) is 17.6 Å². The Balaban J connectivity index is 2.28. The minimum absolute atomic E-state index is 0.442. The molecule has 1 aromatic heterocycles. The smallest absolute Gasteiger partial charge is 0.142 e. The van der Waals surface area contributed by atoms with Gasteiger partial charge in [-0.15, -0.1) is 0 Å². The van der Waals surface area contributed by atoms with Gasteiger partial charge in [0.15, 0.2) is 0 Å². The fourth-order valence-electron chi connectivity index (χ4n) is 1.18. The van der Waals surface area contributed by atoms with Crippen molar-refractivity contribution in [3.8, 4) is 6.07 Å². The van der Waals surface area contributed by atoms with E-state index < -0.39 is 0 Å². The van der Waals surface area contributed by atoms with E-state index in [9.17, 15) is 0 Å². The van der Waals surface area contributed by atoms with Gasteiger partial charge in [0.2, 0.25) is 0 Å². The molecule has 0 amide bonds. The molecule has 0 bridgehead atoms. The Labute approximate surface area is 89.9 Å². The van der Waals surface area contributed by atoms with Gasteiger partial charge >= 0.3 is 0 Å². The third kappa shape index (κ3) is 4.43. The lowest BCUT2D eigenvalue weighted by Crippen LogP contribution is -2.04. The second kappa shape index (κ2) is 6.80. The normalized spacial score (nSPS) is 9.60. The van der Waals surface area contributed by atoms with E-state index >= 15 is 0 Å². The molecule has 0 fully saturated rings. The Morgan fingerprint density at radius 2 is 2.33 bits per heavy atom. The van der Waals surface area contributed by atoms with Crippen LogP contribution in [0.3, 0.4) is 0 Å². The lowest BCUT2D eigenvalue weighted by molar-refractivity contribution is 0.194. The molecule has 1 rings (SSSR count). The number of rotatable bonds is 6. The van der Waals surface area contributed by atoms with Crippen LogP contribution in [0.25, 0.3) is 0 Å². The Morgan fingerprint density at radius 1 is 1.47 bits per heavy atom. The highest BCUT2D eigenvalue weighted by Gasteiger charge is 1.95. The van der Waals surface area contributed by atoms with Crippen LogP contribution in [0.4, 0.5) is 5.82 Å². The molecule has 0 atom stereocenters. The summed E-state index contributed by atoms with van der Waals surface area (Å²) in [5.74, 6) is 0.756. The van der Waals surface area contributed by atoms with Crippen molar-refractivity contribution < 1.29 is 4.74 Å². The van der Waals surface area contributed by atoms with E-state index in [4.69, 9.17) is 10.00 Å². The van der Waals surface area contributed by atoms with E-state index in [1.165, 1.54) is 0 Å². The summed E-state index contributed by atoms with van der Waals surface area (Å²) in [5.41, 5.74) is 0.442. The molecule has 0 aliphatic carbocycles. The molecule has 0 aliphatic rings. The predicted molar refractivity (Wildman–Crippen MR) is 58.6 cm³/mol. The Hall–Kier alpha value is -1.60. The largest absolute Gasteiger partial charge is 0.385 e. The maximum absolute atomic E-state index is 8.65. The number of ether oxygens (including phenoxy) is 1. The highest BCUT2D eigenvalue weighted by molar-refractivity contribution is 5.38. The van der Waals surface area contributed by atoms with Crippen LogP contribution >= 0.6 is 0 Å². The Kier molecular flexibility index (Phi) is 5.20. The SMILES string of the molecule is COCCCCNc1cccc(C#N)n1. The van der Waals surface area contributed by atoms with Gasteiger partial charge in [-0.25, -0.2) is 4.98 Å². The van der Waals surface area contributed by atoms with E-state index in [1.807, 2.05) is 18.2 Å². The van der Waals surface area contributed by atoms with Crippen LogP contribution in [-0.4, -0.2) is 25.2 Å². The Bertz CT molecular complexity index is 333. The highest BCUT2D eigenvalue weighted by Crippen LogP contribution is 2.04. The molecule has 0 unspecified atom stereocenters. The number of hydrogen-bond acceptors (Lipinski definition) is 4. The monoisotopic (exact) mass is 205 g/mol. The minimum Gasteiger partial charge on any atom is -0.385 e. The summed E-state index contributed by atoms with van der Waals surface area (Å²) in [4.78, 5) is 4.11. The van der Waals surface area contributed by atoms with E-state index in [0.29, 0.717) is 5.69 Å². The van der Waals surface area contributed by atoms with E-state index in [0.717, 1.165) is 31.8 Å². The van der Waals surface area contributed by atoms with Crippen LogP contribution in [0.2, 0.25) is 0 Å². The number of anilines is 1. The number of methoxy groups -OCH3 is 1. The first-order chi connectivity index (χ1) is 7.36. The summed E-state index contributed by atoms with van der Waals surface area (Å²) in [6, 6.07) is 7.38. The average molecular weight is 205 g/mol. The van der Waals surface area contributed by atoms with E-state index in [1.54, 1.807) is 13.2 Å². The molecular formula is C11H15N3O. The summed E-state index contributed by atoms with van der Waals surface area (Å²) in [7, 11) is 1.70. The number of nitriles is 1. The molecule has 4 heteroatoms. The molecule has 80 valence electrons. The van der Waals surface area contributed by atoms with Crippen LogP contribution in [0.5, 0.6) is 0 Å². The second-order valence-electron chi connectivity index (χ2n) is 3.15. The lowest BCUT2D eigenvalue weighted by Gasteiger charge is -2.04. The number of hydrogen-bond donors (Lipinski definition) is 1.